The summed E-state index contributed by atoms with van der Waals surface area (Å²) in [7, 11) is 0. The molecule has 1 aliphatic heterocycles. The predicted molar refractivity (Wildman–Crippen MR) is 99.3 cm³/mol. The molecule has 2 rings (SSSR count). The lowest BCUT2D eigenvalue weighted by atomic mass is 10.1. The predicted octanol–water partition coefficient (Wildman–Crippen LogP) is 3.46. The standard InChI is InChI=1S/C20H32N2O3/c1-3-4-8-15-24-19-11-9-18(10-12-19)21-20(23)25-17(2)16-22-13-6-5-7-14-22/h9-12,17H,3-8,13-16H2,1-2H3,(H,21,23)/p+1/t17-/m1/s1. The lowest BCUT2D eigenvalue weighted by molar-refractivity contribution is -0.484. The number of hydrogen-bond donors (Lipinski definition) is 1. The summed E-state index contributed by atoms with van der Waals surface area (Å²) in [6.45, 7) is 7.94. The number of hydrogen-bond acceptors (Lipinski definition) is 4. The van der Waals surface area contributed by atoms with E-state index in [0.29, 0.717) is 0 Å². The van der Waals surface area contributed by atoms with Crippen molar-refractivity contribution < 1.29 is 19.6 Å². The largest absolute Gasteiger partial charge is 0.518 e. The van der Waals surface area contributed by atoms with Gasteiger partial charge in [0.1, 0.15) is 17.5 Å². The summed E-state index contributed by atoms with van der Waals surface area (Å²) in [5.74, 6) is 0.847. The Morgan fingerprint density at radius 1 is 1.16 bits per heavy atom. The molecule has 1 aliphatic rings. The van der Waals surface area contributed by atoms with Crippen LogP contribution in [-0.4, -0.2) is 43.3 Å². The van der Waals surface area contributed by atoms with Crippen molar-refractivity contribution in [3.8, 4) is 5.75 Å². The van der Waals surface area contributed by atoms with Gasteiger partial charge in [-0.1, -0.05) is 26.2 Å². The summed E-state index contributed by atoms with van der Waals surface area (Å²) in [5, 5.41) is 1.55. The molecule has 0 unspecified atom stereocenters. The quantitative estimate of drug-likeness (QED) is 0.548. The summed E-state index contributed by atoms with van der Waals surface area (Å²) >= 11 is 0. The van der Waals surface area contributed by atoms with E-state index < -0.39 is 0 Å². The third kappa shape index (κ3) is 7.88. The van der Waals surface area contributed by atoms with E-state index in [0.717, 1.165) is 44.1 Å². The molecule has 2 N–H and O–H groups in total. The van der Waals surface area contributed by atoms with Crippen molar-refractivity contribution in [2.45, 2.75) is 58.5 Å². The highest BCUT2D eigenvalue weighted by atomic mass is 16.6. The zero-order valence-electron chi connectivity index (χ0n) is 15.7. The highest BCUT2D eigenvalue weighted by Crippen LogP contribution is 2.13. The molecule has 140 valence electrons. The van der Waals surface area contributed by atoms with Gasteiger partial charge in [-0.2, -0.15) is 4.79 Å². The number of nitrogens with zero attached hydrogens (tertiary/aromatic N) is 1. The molecule has 5 nitrogen and oxygen atoms in total. The van der Waals surface area contributed by atoms with Gasteiger partial charge < -0.3 is 9.47 Å². The van der Waals surface area contributed by atoms with Crippen molar-refractivity contribution in [3.63, 3.8) is 0 Å². The Morgan fingerprint density at radius 3 is 2.56 bits per heavy atom. The normalized spacial score (nSPS) is 16.4. The Labute approximate surface area is 151 Å². The van der Waals surface area contributed by atoms with Crippen LogP contribution < -0.4 is 10.1 Å². The third-order valence-corrected chi connectivity index (χ3v) is 4.46. The maximum absolute atomic E-state index is 12.1. The van der Waals surface area contributed by atoms with Gasteiger partial charge in [0.05, 0.1) is 6.61 Å². The lowest BCUT2D eigenvalue weighted by Gasteiger charge is -2.28. The number of nitrogens with two attached hydrogens (primary N) is 1. The maximum atomic E-state index is 12.1. The highest BCUT2D eigenvalue weighted by Gasteiger charge is 2.18. The molecular weight excluding hydrogens is 316 g/mol. The van der Waals surface area contributed by atoms with Crippen molar-refractivity contribution in [2.75, 3.05) is 26.2 Å². The molecule has 0 radical (unpaired) electrons. The number of amides is 1. The number of rotatable bonds is 9. The second kappa shape index (κ2) is 11.1. The van der Waals surface area contributed by atoms with Crippen LogP contribution in [0, 0.1) is 0 Å². The number of piperidine rings is 1. The molecule has 1 heterocycles. The van der Waals surface area contributed by atoms with Crippen LogP contribution in [0.5, 0.6) is 5.75 Å². The zero-order chi connectivity index (χ0) is 17.9. The first-order valence-corrected chi connectivity index (χ1v) is 9.68. The van der Waals surface area contributed by atoms with E-state index in [9.17, 15) is 4.79 Å². The minimum Gasteiger partial charge on any atom is -0.494 e. The van der Waals surface area contributed by atoms with E-state index in [2.05, 4.69) is 11.8 Å². The second-order valence-corrected chi connectivity index (χ2v) is 6.88. The van der Waals surface area contributed by atoms with Crippen molar-refractivity contribution in [3.05, 3.63) is 24.3 Å². The first-order chi connectivity index (χ1) is 12.2. The summed E-state index contributed by atoms with van der Waals surface area (Å²) < 4.78 is 11.2. The summed E-state index contributed by atoms with van der Waals surface area (Å²) in [6.07, 6.45) is 6.91. The van der Waals surface area contributed by atoms with E-state index in [4.69, 9.17) is 9.47 Å². The SMILES string of the molecule is CCCCCOc1ccc([NH2+]C(=O)O[C@H](C)CN2CCCCC2)cc1. The van der Waals surface area contributed by atoms with Gasteiger partial charge in [0, 0.05) is 18.7 Å². The van der Waals surface area contributed by atoms with Gasteiger partial charge in [0.2, 0.25) is 0 Å². The van der Waals surface area contributed by atoms with E-state index >= 15 is 0 Å². The zero-order valence-corrected chi connectivity index (χ0v) is 15.7. The van der Waals surface area contributed by atoms with Crippen LogP contribution in [0.15, 0.2) is 24.3 Å². The fourth-order valence-electron chi connectivity index (χ4n) is 3.11. The number of ether oxygens (including phenoxy) is 2. The number of primary amides is 1. The van der Waals surface area contributed by atoms with Crippen LogP contribution in [-0.2, 0) is 4.74 Å². The van der Waals surface area contributed by atoms with Crippen molar-refractivity contribution >= 4 is 11.8 Å². The molecule has 0 spiro atoms. The number of unbranched alkanes of at least 4 members (excludes halogenated alkanes) is 2. The fraction of sp³-hybridized carbons (Fsp3) is 0.650. The van der Waals surface area contributed by atoms with Crippen LogP contribution in [0.2, 0.25) is 0 Å². The average molecular weight is 349 g/mol. The van der Waals surface area contributed by atoms with Crippen LogP contribution in [0.3, 0.4) is 0 Å². The van der Waals surface area contributed by atoms with E-state index in [1.54, 1.807) is 5.32 Å². The van der Waals surface area contributed by atoms with Gasteiger partial charge in [-0.05, 0) is 51.4 Å². The molecule has 1 fully saturated rings. The lowest BCUT2D eigenvalue weighted by Crippen LogP contribution is -2.82. The summed E-state index contributed by atoms with van der Waals surface area (Å²) in [4.78, 5) is 14.4. The van der Waals surface area contributed by atoms with Gasteiger partial charge >= 0.3 is 6.09 Å². The van der Waals surface area contributed by atoms with Crippen LogP contribution in [0.4, 0.5) is 10.5 Å². The molecule has 0 saturated carbocycles. The Morgan fingerprint density at radius 2 is 1.88 bits per heavy atom. The number of quaternary nitrogens is 1. The van der Waals surface area contributed by atoms with Gasteiger partial charge in [-0.15, -0.1) is 0 Å². The minimum absolute atomic E-state index is 0.0805. The molecule has 0 aromatic heterocycles. The Bertz CT molecular complexity index is 498. The van der Waals surface area contributed by atoms with Crippen LogP contribution >= 0.6 is 0 Å². The van der Waals surface area contributed by atoms with Gasteiger partial charge in [-0.25, -0.2) is 5.32 Å². The van der Waals surface area contributed by atoms with Crippen LogP contribution in [0.1, 0.15) is 52.4 Å². The van der Waals surface area contributed by atoms with Crippen molar-refractivity contribution in [1.29, 1.82) is 0 Å². The first kappa shape index (κ1) is 19.7. The van der Waals surface area contributed by atoms with Gasteiger partial charge in [0.25, 0.3) is 0 Å². The van der Waals surface area contributed by atoms with Gasteiger partial charge in [-0.3, -0.25) is 4.90 Å². The van der Waals surface area contributed by atoms with Gasteiger partial charge in [0.15, 0.2) is 0 Å². The van der Waals surface area contributed by atoms with Crippen molar-refractivity contribution in [1.82, 2.24) is 4.90 Å². The molecule has 5 heteroatoms. The Balaban J connectivity index is 1.68. The highest BCUT2D eigenvalue weighted by molar-refractivity contribution is 5.59. The molecule has 1 saturated heterocycles. The number of benzene rings is 1. The Kier molecular flexibility index (Phi) is 8.77. The molecule has 1 atom stereocenters. The summed E-state index contributed by atoms with van der Waals surface area (Å²) in [6, 6.07) is 7.60. The second-order valence-electron chi connectivity index (χ2n) is 6.88. The van der Waals surface area contributed by atoms with Crippen molar-refractivity contribution in [2.24, 2.45) is 0 Å². The van der Waals surface area contributed by atoms with E-state index in [-0.39, 0.29) is 12.2 Å². The number of carbonyl (C=O) groups is 1. The number of carbonyl (C=O) groups excluding carboxylic acids is 1. The fourth-order valence-corrected chi connectivity index (χ4v) is 3.11. The maximum Gasteiger partial charge on any atom is 0.518 e. The van der Waals surface area contributed by atoms with E-state index in [1.165, 1.54) is 32.1 Å². The monoisotopic (exact) mass is 349 g/mol. The molecule has 25 heavy (non-hydrogen) atoms. The number of likely N-dealkylation sites (tertiary alicyclic amines) is 1. The Hall–Kier alpha value is -1.59. The smallest absolute Gasteiger partial charge is 0.494 e. The molecule has 1 aromatic rings. The molecule has 1 aromatic carbocycles. The average Bonchev–Trinajstić information content (AvgIpc) is 2.61. The molecule has 0 aliphatic carbocycles. The molecule has 1 amide bonds. The first-order valence-electron chi connectivity index (χ1n) is 9.68. The topological polar surface area (TPSA) is 55.4 Å². The minimum atomic E-state index is -0.277. The van der Waals surface area contributed by atoms with E-state index in [1.807, 2.05) is 31.2 Å². The summed E-state index contributed by atoms with van der Waals surface area (Å²) in [5.41, 5.74) is 0.844. The molecular formula is C20H33N2O3+. The third-order valence-electron chi connectivity index (χ3n) is 4.46. The van der Waals surface area contributed by atoms with Crippen LogP contribution in [0.25, 0.3) is 0 Å². The molecule has 0 bridgehead atoms.